The Balaban J connectivity index is 1.23. The van der Waals surface area contributed by atoms with Crippen LogP contribution in [0.5, 0.6) is 0 Å². The molecule has 0 bridgehead atoms. The Kier molecular flexibility index (Phi) is 7.95. The van der Waals surface area contributed by atoms with Crippen molar-refractivity contribution in [3.05, 3.63) is 0 Å². The number of fused-ring (bicyclic) bond motifs is 5. The van der Waals surface area contributed by atoms with Crippen molar-refractivity contribution in [3.63, 3.8) is 0 Å². The van der Waals surface area contributed by atoms with Crippen molar-refractivity contribution >= 4 is 6.09 Å². The molecule has 6 nitrogen and oxygen atoms in total. The monoisotopic (exact) mass is 519 g/mol. The van der Waals surface area contributed by atoms with Crippen LogP contribution < -0.4 is 5.32 Å². The second kappa shape index (κ2) is 10.6. The van der Waals surface area contributed by atoms with E-state index in [1.165, 1.54) is 25.7 Å². The molecule has 5 aliphatic carbocycles. The number of alkyl carbamates (subject to hydrolysis) is 1. The molecule has 5 rings (SSSR count). The number of carbonyl (C=O) groups excluding carboxylic acids is 1. The second-order valence-electron chi connectivity index (χ2n) is 14.3. The normalized spacial score (nSPS) is 50.0. The van der Waals surface area contributed by atoms with E-state index < -0.39 is 12.2 Å². The van der Waals surface area contributed by atoms with E-state index in [4.69, 9.17) is 4.74 Å². The highest BCUT2D eigenvalue weighted by atomic mass is 16.5. The molecule has 4 N–H and O–H groups in total. The zero-order valence-corrected chi connectivity index (χ0v) is 23.7. The van der Waals surface area contributed by atoms with Gasteiger partial charge in [-0.2, -0.15) is 0 Å². The molecule has 0 aliphatic heterocycles. The average molecular weight is 520 g/mol. The van der Waals surface area contributed by atoms with Gasteiger partial charge in [0.1, 0.15) is 0 Å². The molecule has 0 aromatic rings. The first kappa shape index (κ1) is 27.7. The molecular formula is C31H53NO5. The number of aliphatic hydroxyl groups excluding tert-OH is 3. The number of amides is 1. The lowest BCUT2D eigenvalue weighted by atomic mass is 9.41. The first-order chi connectivity index (χ1) is 17.6. The van der Waals surface area contributed by atoms with Crippen LogP contribution in [0.15, 0.2) is 0 Å². The van der Waals surface area contributed by atoms with Crippen LogP contribution in [0.25, 0.3) is 0 Å². The third kappa shape index (κ3) is 4.75. The van der Waals surface area contributed by atoms with Crippen LogP contribution in [-0.4, -0.2) is 52.4 Å². The maximum Gasteiger partial charge on any atom is 0.407 e. The van der Waals surface area contributed by atoms with E-state index in [1.54, 1.807) is 0 Å². The average Bonchev–Trinajstić information content (AvgIpc) is 3.42. The fraction of sp³-hybridized carbons (Fsp3) is 0.968. The Morgan fingerprint density at radius 2 is 1.70 bits per heavy atom. The van der Waals surface area contributed by atoms with Crippen LogP contribution in [0.3, 0.4) is 0 Å². The van der Waals surface area contributed by atoms with Gasteiger partial charge in [0, 0.05) is 0 Å². The summed E-state index contributed by atoms with van der Waals surface area (Å²) in [6.07, 6.45) is 10.8. The van der Waals surface area contributed by atoms with E-state index in [2.05, 4.69) is 33.0 Å². The van der Waals surface area contributed by atoms with Crippen molar-refractivity contribution in [2.45, 2.75) is 129 Å². The summed E-state index contributed by atoms with van der Waals surface area (Å²) in [5.41, 5.74) is 0.469. The molecule has 5 saturated carbocycles. The summed E-state index contributed by atoms with van der Waals surface area (Å²) >= 11 is 0. The Labute approximate surface area is 224 Å². The first-order valence-corrected chi connectivity index (χ1v) is 15.6. The van der Waals surface area contributed by atoms with Crippen LogP contribution in [0.4, 0.5) is 4.79 Å². The largest absolute Gasteiger partial charge is 0.450 e. The van der Waals surface area contributed by atoms with Crippen molar-refractivity contribution in [1.29, 1.82) is 0 Å². The van der Waals surface area contributed by atoms with Gasteiger partial charge in [-0.25, -0.2) is 4.79 Å². The Morgan fingerprint density at radius 3 is 2.41 bits per heavy atom. The van der Waals surface area contributed by atoms with Gasteiger partial charge in [0.15, 0.2) is 0 Å². The number of hydrogen-bond donors (Lipinski definition) is 4. The van der Waals surface area contributed by atoms with E-state index in [0.29, 0.717) is 48.0 Å². The molecule has 2 unspecified atom stereocenters. The van der Waals surface area contributed by atoms with Gasteiger partial charge in [-0.05, 0) is 123 Å². The van der Waals surface area contributed by atoms with E-state index in [1.807, 2.05) is 0 Å². The highest BCUT2D eigenvalue weighted by molar-refractivity contribution is 5.67. The molecule has 0 aromatic carbocycles. The fourth-order valence-corrected chi connectivity index (χ4v) is 10.8. The molecule has 0 heterocycles. The van der Waals surface area contributed by atoms with Crippen molar-refractivity contribution in [1.82, 2.24) is 5.32 Å². The van der Waals surface area contributed by atoms with Gasteiger partial charge in [-0.3, -0.25) is 0 Å². The smallest absolute Gasteiger partial charge is 0.407 e. The molecular weight excluding hydrogens is 466 g/mol. The Hall–Kier alpha value is -0.850. The summed E-state index contributed by atoms with van der Waals surface area (Å²) in [6, 6.07) is -0.169. The van der Waals surface area contributed by atoms with Crippen molar-refractivity contribution in [3.8, 4) is 0 Å². The number of ether oxygens (including phenoxy) is 1. The topological polar surface area (TPSA) is 99.0 Å². The Morgan fingerprint density at radius 1 is 0.973 bits per heavy atom. The van der Waals surface area contributed by atoms with Crippen LogP contribution in [-0.2, 0) is 4.74 Å². The standard InChI is InChI=1S/C31H53NO5/c1-5-20-24-17-19(33)11-14-31(24,4)23-12-15-30(3)21(9-10-22(30)27(23)28(20)35)18(2)13-16-37-29(36)32-25-7-6-8-26(25)34/h18-28,33-35H,5-17H2,1-4H3,(H,32,36)/t18-,19-,20-,21-,22+,23+,24?,25-,26-,27+,28-,30-,31?/m1/s1. The van der Waals surface area contributed by atoms with Crippen LogP contribution in [0.1, 0.15) is 105 Å². The zero-order valence-electron chi connectivity index (χ0n) is 23.7. The lowest BCUT2D eigenvalue weighted by molar-refractivity contribution is -0.203. The van der Waals surface area contributed by atoms with E-state index >= 15 is 0 Å². The van der Waals surface area contributed by atoms with E-state index in [0.717, 1.165) is 51.4 Å². The lowest BCUT2D eigenvalue weighted by Gasteiger charge is -2.64. The molecule has 0 saturated heterocycles. The number of hydrogen-bond acceptors (Lipinski definition) is 5. The molecule has 6 heteroatoms. The van der Waals surface area contributed by atoms with Gasteiger partial charge < -0.3 is 25.4 Å². The third-order valence-electron chi connectivity index (χ3n) is 12.7. The molecule has 0 radical (unpaired) electrons. The van der Waals surface area contributed by atoms with Crippen LogP contribution in [0, 0.1) is 52.3 Å². The van der Waals surface area contributed by atoms with Crippen molar-refractivity contribution in [2.24, 2.45) is 52.3 Å². The SMILES string of the molecule is CC[C@@H]1C2C[C@H](O)CCC2(C)[C@H]2CC[C@]3(C)[C@@H]([C@H](C)CCOC(=O)N[C@@H]4CCC[C@H]4O)CC[C@H]3[C@@H]2[C@@H]1O. The molecule has 37 heavy (non-hydrogen) atoms. The van der Waals surface area contributed by atoms with Gasteiger partial charge in [0.2, 0.25) is 0 Å². The highest BCUT2D eigenvalue weighted by Crippen LogP contribution is 2.69. The second-order valence-corrected chi connectivity index (χ2v) is 14.3. The van der Waals surface area contributed by atoms with Crippen LogP contribution >= 0.6 is 0 Å². The maximum absolute atomic E-state index is 12.3. The van der Waals surface area contributed by atoms with Gasteiger partial charge in [0.05, 0.1) is 31.0 Å². The van der Waals surface area contributed by atoms with Gasteiger partial charge in [-0.15, -0.1) is 0 Å². The molecule has 13 atom stereocenters. The summed E-state index contributed by atoms with van der Waals surface area (Å²) in [4.78, 5) is 12.3. The zero-order chi connectivity index (χ0) is 26.5. The molecule has 212 valence electrons. The van der Waals surface area contributed by atoms with E-state index in [9.17, 15) is 20.1 Å². The van der Waals surface area contributed by atoms with Crippen molar-refractivity contribution in [2.75, 3.05) is 6.61 Å². The predicted molar refractivity (Wildman–Crippen MR) is 144 cm³/mol. The van der Waals surface area contributed by atoms with Gasteiger partial charge >= 0.3 is 6.09 Å². The van der Waals surface area contributed by atoms with Crippen LogP contribution in [0.2, 0.25) is 0 Å². The fourth-order valence-electron chi connectivity index (χ4n) is 10.8. The summed E-state index contributed by atoms with van der Waals surface area (Å²) in [6.45, 7) is 9.99. The summed E-state index contributed by atoms with van der Waals surface area (Å²) in [5.74, 6) is 3.28. The molecule has 0 spiro atoms. The van der Waals surface area contributed by atoms with E-state index in [-0.39, 0.29) is 29.1 Å². The number of aliphatic hydroxyl groups is 3. The maximum atomic E-state index is 12.3. The predicted octanol–water partition coefficient (Wildman–Crippen LogP) is 5.28. The summed E-state index contributed by atoms with van der Waals surface area (Å²) in [5, 5.41) is 35.2. The number of rotatable bonds is 6. The molecule has 5 fully saturated rings. The highest BCUT2D eigenvalue weighted by Gasteiger charge is 2.64. The minimum atomic E-state index is -0.448. The number of nitrogens with one attached hydrogen (secondary N) is 1. The van der Waals surface area contributed by atoms with Gasteiger partial charge in [-0.1, -0.05) is 34.1 Å². The lowest BCUT2D eigenvalue weighted by Crippen LogP contribution is -2.62. The summed E-state index contributed by atoms with van der Waals surface area (Å²) < 4.78 is 5.54. The minimum Gasteiger partial charge on any atom is -0.450 e. The van der Waals surface area contributed by atoms with Crippen molar-refractivity contribution < 1.29 is 24.9 Å². The third-order valence-corrected chi connectivity index (χ3v) is 12.7. The summed E-state index contributed by atoms with van der Waals surface area (Å²) in [7, 11) is 0. The first-order valence-electron chi connectivity index (χ1n) is 15.6. The minimum absolute atomic E-state index is 0.169. The Bertz CT molecular complexity index is 821. The number of carbonyl (C=O) groups is 1. The molecule has 5 aliphatic rings. The molecule has 1 amide bonds. The molecule has 0 aromatic heterocycles. The quantitative estimate of drug-likeness (QED) is 0.383. The van der Waals surface area contributed by atoms with Gasteiger partial charge in [0.25, 0.3) is 0 Å².